The van der Waals surface area contributed by atoms with Crippen LogP contribution in [0, 0.1) is 5.82 Å². The third-order valence-electron chi connectivity index (χ3n) is 7.04. The van der Waals surface area contributed by atoms with E-state index in [2.05, 4.69) is 16.3 Å². The summed E-state index contributed by atoms with van der Waals surface area (Å²) in [6, 6.07) is 15.9. The molecule has 0 saturated carbocycles. The van der Waals surface area contributed by atoms with E-state index in [0.717, 1.165) is 24.1 Å². The lowest BCUT2D eigenvalue weighted by molar-refractivity contribution is -0.132. The number of rotatable bonds is 5. The summed E-state index contributed by atoms with van der Waals surface area (Å²) in [5, 5.41) is 2.07. The zero-order valence-corrected chi connectivity index (χ0v) is 21.2. The van der Waals surface area contributed by atoms with Gasteiger partial charge in [0.1, 0.15) is 11.6 Å². The molecule has 188 valence electrons. The van der Waals surface area contributed by atoms with Gasteiger partial charge in [0.15, 0.2) is 0 Å². The number of thiophene rings is 1. The second kappa shape index (κ2) is 10.8. The zero-order chi connectivity index (χ0) is 25.1. The van der Waals surface area contributed by atoms with Crippen LogP contribution < -0.4 is 4.74 Å². The van der Waals surface area contributed by atoms with Gasteiger partial charge in [-0.3, -0.25) is 14.5 Å². The van der Waals surface area contributed by atoms with Gasteiger partial charge in [-0.15, -0.1) is 11.3 Å². The van der Waals surface area contributed by atoms with Crippen molar-refractivity contribution in [2.45, 2.75) is 18.9 Å². The van der Waals surface area contributed by atoms with Gasteiger partial charge in [0.05, 0.1) is 25.3 Å². The molecule has 3 heterocycles. The Labute approximate surface area is 214 Å². The van der Waals surface area contributed by atoms with Crippen molar-refractivity contribution in [1.29, 1.82) is 0 Å². The highest BCUT2D eigenvalue weighted by atomic mass is 32.1. The highest BCUT2D eigenvalue weighted by Gasteiger charge is 2.33. The maximum Gasteiger partial charge on any atom is 0.257 e. The maximum absolute atomic E-state index is 14.1. The normalized spacial score (nSPS) is 18.4. The number of ether oxygens (including phenoxy) is 1. The van der Waals surface area contributed by atoms with Gasteiger partial charge in [-0.05, 0) is 59.7 Å². The highest BCUT2D eigenvalue weighted by molar-refractivity contribution is 7.10. The Morgan fingerprint density at radius 2 is 1.81 bits per heavy atom. The van der Waals surface area contributed by atoms with Crippen molar-refractivity contribution in [3.05, 3.63) is 87.4 Å². The third-order valence-corrected chi connectivity index (χ3v) is 8.04. The minimum Gasteiger partial charge on any atom is -0.496 e. The molecule has 36 heavy (non-hydrogen) atoms. The first-order valence-electron chi connectivity index (χ1n) is 12.3. The van der Waals surface area contributed by atoms with Crippen LogP contribution in [0.1, 0.15) is 38.8 Å². The van der Waals surface area contributed by atoms with E-state index in [-0.39, 0.29) is 30.2 Å². The molecule has 2 aliphatic rings. The van der Waals surface area contributed by atoms with E-state index in [1.54, 1.807) is 47.6 Å². The van der Waals surface area contributed by atoms with E-state index in [1.165, 1.54) is 10.9 Å². The van der Waals surface area contributed by atoms with E-state index >= 15 is 0 Å². The molecule has 8 heteroatoms. The topological polar surface area (TPSA) is 53.1 Å². The Morgan fingerprint density at radius 1 is 1.00 bits per heavy atom. The van der Waals surface area contributed by atoms with E-state index in [1.807, 2.05) is 23.1 Å². The largest absolute Gasteiger partial charge is 0.496 e. The van der Waals surface area contributed by atoms with E-state index in [9.17, 15) is 14.0 Å². The first-order chi connectivity index (χ1) is 17.5. The predicted molar refractivity (Wildman–Crippen MR) is 138 cm³/mol. The molecule has 3 aromatic rings. The summed E-state index contributed by atoms with van der Waals surface area (Å²) in [5.41, 5.74) is 2.57. The lowest BCUT2D eigenvalue weighted by Gasteiger charge is -2.37. The Morgan fingerprint density at radius 3 is 2.64 bits per heavy atom. The first-order valence-corrected chi connectivity index (χ1v) is 13.2. The van der Waals surface area contributed by atoms with Crippen LogP contribution in [-0.2, 0) is 11.2 Å². The number of methoxy groups -OCH3 is 1. The number of halogens is 1. The Bertz CT molecular complexity index is 1250. The van der Waals surface area contributed by atoms with E-state index in [4.69, 9.17) is 4.74 Å². The van der Waals surface area contributed by atoms with E-state index < -0.39 is 0 Å². The molecular weight excluding hydrogens is 477 g/mol. The summed E-state index contributed by atoms with van der Waals surface area (Å²) in [6.07, 6.45) is 1.60. The molecule has 1 aromatic heterocycles. The number of para-hydroxylation sites is 1. The second-order valence-corrected chi connectivity index (χ2v) is 10.2. The molecule has 2 amide bonds. The number of amides is 2. The summed E-state index contributed by atoms with van der Waals surface area (Å²) in [6.45, 7) is 3.17. The van der Waals surface area contributed by atoms with Crippen molar-refractivity contribution in [2.24, 2.45) is 0 Å². The molecule has 0 aliphatic carbocycles. The van der Waals surface area contributed by atoms with Gasteiger partial charge in [0.2, 0.25) is 5.91 Å². The van der Waals surface area contributed by atoms with Crippen LogP contribution in [0.25, 0.3) is 0 Å². The Hall–Kier alpha value is -3.23. The predicted octanol–water partition coefficient (Wildman–Crippen LogP) is 4.22. The summed E-state index contributed by atoms with van der Waals surface area (Å²) in [7, 11) is 1.56. The van der Waals surface area contributed by atoms with Crippen molar-refractivity contribution in [2.75, 3.05) is 46.4 Å². The molecule has 0 spiro atoms. The molecule has 2 aliphatic heterocycles. The van der Waals surface area contributed by atoms with E-state index in [0.29, 0.717) is 43.9 Å². The van der Waals surface area contributed by atoms with Gasteiger partial charge in [-0.1, -0.05) is 24.3 Å². The molecule has 1 atom stereocenters. The van der Waals surface area contributed by atoms with Crippen molar-refractivity contribution >= 4 is 23.2 Å². The van der Waals surface area contributed by atoms with Crippen molar-refractivity contribution < 1.29 is 18.7 Å². The van der Waals surface area contributed by atoms with Crippen LogP contribution in [0.15, 0.2) is 60.0 Å². The quantitative estimate of drug-likeness (QED) is 0.519. The van der Waals surface area contributed by atoms with Crippen LogP contribution >= 0.6 is 11.3 Å². The van der Waals surface area contributed by atoms with Crippen molar-refractivity contribution in [3.8, 4) is 5.75 Å². The maximum atomic E-state index is 14.1. The number of benzene rings is 2. The monoisotopic (exact) mass is 507 g/mol. The number of carbonyl (C=O) groups is 2. The van der Waals surface area contributed by atoms with Crippen LogP contribution in [0.4, 0.5) is 4.39 Å². The molecule has 1 unspecified atom stereocenters. The number of hydrogen-bond donors (Lipinski definition) is 0. The number of nitrogens with zero attached hydrogens (tertiary/aromatic N) is 3. The minimum atomic E-state index is -0.270. The fourth-order valence-corrected chi connectivity index (χ4v) is 6.14. The molecule has 1 fully saturated rings. The van der Waals surface area contributed by atoms with Crippen LogP contribution in [0.3, 0.4) is 0 Å². The molecule has 0 N–H and O–H groups in total. The zero-order valence-electron chi connectivity index (χ0n) is 20.4. The Kier molecular flexibility index (Phi) is 7.34. The van der Waals surface area contributed by atoms with Gasteiger partial charge in [0, 0.05) is 37.6 Å². The van der Waals surface area contributed by atoms with Gasteiger partial charge in [-0.25, -0.2) is 4.39 Å². The van der Waals surface area contributed by atoms with Gasteiger partial charge in [-0.2, -0.15) is 0 Å². The average molecular weight is 508 g/mol. The molecule has 0 radical (unpaired) electrons. The smallest absolute Gasteiger partial charge is 0.257 e. The fourth-order valence-electron chi connectivity index (χ4n) is 5.24. The summed E-state index contributed by atoms with van der Waals surface area (Å²) in [4.78, 5) is 33.7. The SMILES string of the molecule is COc1ccccc1C(=O)N1CCCN(C(=O)CN2CCc3sccc3C2c2cccc(F)c2)CC1. The minimum absolute atomic E-state index is 0.0432. The highest BCUT2D eigenvalue weighted by Crippen LogP contribution is 2.37. The molecule has 0 bridgehead atoms. The summed E-state index contributed by atoms with van der Waals surface area (Å²) < 4.78 is 19.5. The van der Waals surface area contributed by atoms with Gasteiger partial charge < -0.3 is 14.5 Å². The first kappa shape index (κ1) is 24.5. The number of carbonyl (C=O) groups excluding carboxylic acids is 2. The lowest BCUT2D eigenvalue weighted by Crippen LogP contribution is -2.45. The number of fused-ring (bicyclic) bond motifs is 1. The van der Waals surface area contributed by atoms with Gasteiger partial charge >= 0.3 is 0 Å². The molecule has 5 rings (SSSR count). The molecule has 6 nitrogen and oxygen atoms in total. The third kappa shape index (κ3) is 5.01. The fraction of sp³-hybridized carbons (Fsp3) is 0.357. The number of hydrogen-bond acceptors (Lipinski definition) is 5. The second-order valence-electron chi connectivity index (χ2n) is 9.20. The molecular formula is C28H30FN3O3S. The lowest BCUT2D eigenvalue weighted by atomic mass is 9.93. The summed E-state index contributed by atoms with van der Waals surface area (Å²) >= 11 is 1.72. The summed E-state index contributed by atoms with van der Waals surface area (Å²) in [5.74, 6) is 0.255. The van der Waals surface area contributed by atoms with Crippen LogP contribution in [-0.4, -0.2) is 72.9 Å². The van der Waals surface area contributed by atoms with Crippen molar-refractivity contribution in [3.63, 3.8) is 0 Å². The molecule has 1 saturated heterocycles. The Balaban J connectivity index is 1.28. The van der Waals surface area contributed by atoms with Crippen LogP contribution in [0.5, 0.6) is 5.75 Å². The van der Waals surface area contributed by atoms with Crippen molar-refractivity contribution in [1.82, 2.24) is 14.7 Å². The van der Waals surface area contributed by atoms with Crippen LogP contribution in [0.2, 0.25) is 0 Å². The molecule has 2 aromatic carbocycles. The standard InChI is InChI=1S/C28H30FN3O3S/c1-35-24-9-3-2-8-22(24)28(34)31-13-5-12-30(15-16-31)26(33)19-32-14-10-25-23(11-17-36-25)27(32)20-6-4-7-21(29)18-20/h2-4,6-9,11,17-18,27H,5,10,12-16,19H2,1H3. The average Bonchev–Trinajstić information content (AvgIpc) is 3.23. The van der Waals surface area contributed by atoms with Gasteiger partial charge in [0.25, 0.3) is 5.91 Å².